The van der Waals surface area contributed by atoms with Crippen LogP contribution in [0.2, 0.25) is 0 Å². The maximum atomic E-state index is 11.7. The molecule has 0 rings (SSSR count). The van der Waals surface area contributed by atoms with Crippen LogP contribution in [0.5, 0.6) is 0 Å². The second kappa shape index (κ2) is 6.27. The van der Waals surface area contributed by atoms with Crippen molar-refractivity contribution >= 4 is 11.9 Å². The Bertz CT molecular complexity index is 229. The Balaban J connectivity index is 4.35. The Labute approximate surface area is 90.8 Å². The van der Waals surface area contributed by atoms with Crippen molar-refractivity contribution in [2.24, 2.45) is 11.7 Å². The molecule has 0 aromatic carbocycles. The van der Waals surface area contributed by atoms with E-state index in [0.29, 0.717) is 0 Å². The molecular weight excluding hydrogens is 194 g/mol. The molecular formula is C10H21N3O2. The van der Waals surface area contributed by atoms with Crippen molar-refractivity contribution in [2.75, 3.05) is 0 Å². The highest BCUT2D eigenvalue weighted by molar-refractivity contribution is 5.86. The number of urea groups is 1. The third-order valence-electron chi connectivity index (χ3n) is 2.25. The smallest absolute Gasteiger partial charge is 0.312 e. The summed E-state index contributed by atoms with van der Waals surface area (Å²) in [5, 5.41) is 5.24. The van der Waals surface area contributed by atoms with Crippen LogP contribution in [0.4, 0.5) is 4.79 Å². The lowest BCUT2D eigenvalue weighted by Crippen LogP contribution is -2.52. The Hall–Kier alpha value is -1.26. The summed E-state index contributed by atoms with van der Waals surface area (Å²) >= 11 is 0. The highest BCUT2D eigenvalue weighted by Crippen LogP contribution is 2.02. The number of hydrogen-bond donors (Lipinski definition) is 3. The molecule has 4 N–H and O–H groups in total. The molecule has 0 aromatic rings. The average Bonchev–Trinajstić information content (AvgIpc) is 2.12. The van der Waals surface area contributed by atoms with Gasteiger partial charge in [-0.1, -0.05) is 20.8 Å². The van der Waals surface area contributed by atoms with Gasteiger partial charge in [0.25, 0.3) is 0 Å². The van der Waals surface area contributed by atoms with Gasteiger partial charge in [-0.2, -0.15) is 0 Å². The molecule has 15 heavy (non-hydrogen) atoms. The van der Waals surface area contributed by atoms with Crippen molar-refractivity contribution in [3.63, 3.8) is 0 Å². The fourth-order valence-corrected chi connectivity index (χ4v) is 1.12. The van der Waals surface area contributed by atoms with Gasteiger partial charge in [-0.3, -0.25) is 4.79 Å². The van der Waals surface area contributed by atoms with Gasteiger partial charge in [0.2, 0.25) is 5.91 Å². The predicted octanol–water partition coefficient (Wildman–Crippen LogP) is 0.594. The van der Waals surface area contributed by atoms with Crippen LogP contribution in [0.1, 0.15) is 34.1 Å². The molecule has 2 atom stereocenters. The number of primary amides is 1. The summed E-state index contributed by atoms with van der Waals surface area (Å²) in [5.74, 6) is -0.167. The van der Waals surface area contributed by atoms with Crippen LogP contribution >= 0.6 is 0 Å². The van der Waals surface area contributed by atoms with E-state index in [1.807, 2.05) is 27.7 Å². The first kappa shape index (κ1) is 13.7. The largest absolute Gasteiger partial charge is 0.352 e. The van der Waals surface area contributed by atoms with Crippen LogP contribution in [0.25, 0.3) is 0 Å². The van der Waals surface area contributed by atoms with Gasteiger partial charge in [0.05, 0.1) is 0 Å². The summed E-state index contributed by atoms with van der Waals surface area (Å²) in [6.07, 6.45) is 0.854. The number of carbonyl (C=O) groups excluding carboxylic acids is 2. The molecule has 0 heterocycles. The number of amides is 3. The second-order valence-electron chi connectivity index (χ2n) is 4.05. The van der Waals surface area contributed by atoms with Crippen LogP contribution < -0.4 is 16.4 Å². The van der Waals surface area contributed by atoms with Crippen LogP contribution in [0.15, 0.2) is 0 Å². The van der Waals surface area contributed by atoms with Gasteiger partial charge >= 0.3 is 6.03 Å². The minimum atomic E-state index is -0.673. The van der Waals surface area contributed by atoms with Gasteiger partial charge in [0.15, 0.2) is 0 Å². The van der Waals surface area contributed by atoms with E-state index >= 15 is 0 Å². The molecule has 0 spiro atoms. The van der Waals surface area contributed by atoms with Crippen LogP contribution in [0, 0.1) is 5.92 Å². The van der Waals surface area contributed by atoms with E-state index in [4.69, 9.17) is 5.73 Å². The van der Waals surface area contributed by atoms with Gasteiger partial charge in [-0.05, 0) is 19.3 Å². The first-order valence-corrected chi connectivity index (χ1v) is 5.24. The zero-order valence-corrected chi connectivity index (χ0v) is 9.83. The number of carbonyl (C=O) groups is 2. The molecule has 3 amide bonds. The highest BCUT2D eigenvalue weighted by atomic mass is 16.2. The number of hydrogen-bond acceptors (Lipinski definition) is 2. The molecule has 5 heteroatoms. The predicted molar refractivity (Wildman–Crippen MR) is 59.2 cm³/mol. The number of nitrogens with two attached hydrogens (primary N) is 1. The van der Waals surface area contributed by atoms with E-state index in [9.17, 15) is 9.59 Å². The zero-order valence-electron chi connectivity index (χ0n) is 9.83. The number of rotatable bonds is 5. The molecule has 5 nitrogen and oxygen atoms in total. The lowest BCUT2D eigenvalue weighted by atomic mass is 10.0. The third-order valence-corrected chi connectivity index (χ3v) is 2.25. The van der Waals surface area contributed by atoms with Crippen molar-refractivity contribution in [1.82, 2.24) is 10.6 Å². The highest BCUT2D eigenvalue weighted by Gasteiger charge is 2.23. The van der Waals surface area contributed by atoms with Gasteiger partial charge < -0.3 is 16.4 Å². The van der Waals surface area contributed by atoms with E-state index in [1.165, 1.54) is 0 Å². The van der Waals surface area contributed by atoms with Crippen molar-refractivity contribution < 1.29 is 9.59 Å². The summed E-state index contributed by atoms with van der Waals surface area (Å²) in [7, 11) is 0. The molecule has 0 saturated heterocycles. The fraction of sp³-hybridized carbons (Fsp3) is 0.800. The summed E-state index contributed by atoms with van der Waals surface area (Å²) in [6.45, 7) is 7.62. The van der Waals surface area contributed by atoms with E-state index < -0.39 is 12.1 Å². The molecule has 0 aliphatic heterocycles. The standard InChI is InChI=1S/C10H21N3O2/c1-5-7(4)12-9(14)8(6(2)3)13-10(11)15/h6-8H,5H2,1-4H3,(H,12,14)(H3,11,13,15)/t7-,8-/m0/s1. The van der Waals surface area contributed by atoms with E-state index in [2.05, 4.69) is 10.6 Å². The van der Waals surface area contributed by atoms with Gasteiger partial charge in [0.1, 0.15) is 6.04 Å². The minimum absolute atomic E-state index is 0.0153. The molecule has 88 valence electrons. The van der Waals surface area contributed by atoms with Crippen molar-refractivity contribution in [2.45, 2.75) is 46.2 Å². The molecule has 0 fully saturated rings. The Morgan fingerprint density at radius 3 is 2.07 bits per heavy atom. The quantitative estimate of drug-likeness (QED) is 0.627. The summed E-state index contributed by atoms with van der Waals surface area (Å²) in [5.41, 5.74) is 5.00. The van der Waals surface area contributed by atoms with Crippen LogP contribution in [-0.2, 0) is 4.79 Å². The van der Waals surface area contributed by atoms with E-state index in [1.54, 1.807) is 0 Å². The average molecular weight is 215 g/mol. The fourth-order valence-electron chi connectivity index (χ4n) is 1.12. The molecule has 0 radical (unpaired) electrons. The van der Waals surface area contributed by atoms with Crippen LogP contribution in [-0.4, -0.2) is 24.0 Å². The summed E-state index contributed by atoms with van der Waals surface area (Å²) in [6, 6.07) is -1.13. The lowest BCUT2D eigenvalue weighted by molar-refractivity contribution is -0.124. The SMILES string of the molecule is CC[C@H](C)NC(=O)[C@@H](NC(N)=O)C(C)C. The maximum Gasteiger partial charge on any atom is 0.312 e. The van der Waals surface area contributed by atoms with Gasteiger partial charge in [0, 0.05) is 6.04 Å². The Morgan fingerprint density at radius 2 is 1.73 bits per heavy atom. The molecule has 0 unspecified atom stereocenters. The third kappa shape index (κ3) is 5.24. The minimum Gasteiger partial charge on any atom is -0.352 e. The first-order chi connectivity index (χ1) is 6.88. The van der Waals surface area contributed by atoms with E-state index in [-0.39, 0.29) is 17.9 Å². The van der Waals surface area contributed by atoms with Crippen LogP contribution in [0.3, 0.4) is 0 Å². The van der Waals surface area contributed by atoms with E-state index in [0.717, 1.165) is 6.42 Å². The zero-order chi connectivity index (χ0) is 12.0. The molecule has 0 aliphatic carbocycles. The second-order valence-corrected chi connectivity index (χ2v) is 4.05. The molecule has 0 bridgehead atoms. The van der Waals surface area contributed by atoms with Gasteiger partial charge in [-0.25, -0.2) is 4.79 Å². The normalized spacial score (nSPS) is 14.5. The summed E-state index contributed by atoms with van der Waals surface area (Å²) < 4.78 is 0. The first-order valence-electron chi connectivity index (χ1n) is 5.24. The monoisotopic (exact) mass is 215 g/mol. The molecule has 0 aromatic heterocycles. The molecule has 0 aliphatic rings. The Kier molecular flexibility index (Phi) is 5.74. The van der Waals surface area contributed by atoms with Crippen molar-refractivity contribution in [3.8, 4) is 0 Å². The maximum absolute atomic E-state index is 11.7. The van der Waals surface area contributed by atoms with Gasteiger partial charge in [-0.15, -0.1) is 0 Å². The number of nitrogens with one attached hydrogen (secondary N) is 2. The lowest BCUT2D eigenvalue weighted by Gasteiger charge is -2.22. The topological polar surface area (TPSA) is 84.2 Å². The summed E-state index contributed by atoms with van der Waals surface area (Å²) in [4.78, 5) is 22.4. The Morgan fingerprint density at radius 1 is 1.20 bits per heavy atom. The van der Waals surface area contributed by atoms with Crippen molar-refractivity contribution in [1.29, 1.82) is 0 Å². The molecule has 0 saturated carbocycles. The van der Waals surface area contributed by atoms with Crippen molar-refractivity contribution in [3.05, 3.63) is 0 Å².